The Bertz CT molecular complexity index is 827. The zero-order valence-electron chi connectivity index (χ0n) is 13.5. The first-order chi connectivity index (χ1) is 11.5. The Balaban J connectivity index is 1.76. The van der Waals surface area contributed by atoms with Gasteiger partial charge in [0.05, 0.1) is 11.6 Å². The number of nitrogens with zero attached hydrogens (tertiary/aromatic N) is 2. The number of rotatable bonds is 5. The van der Waals surface area contributed by atoms with Crippen LogP contribution in [0, 0.1) is 0 Å². The van der Waals surface area contributed by atoms with Crippen molar-refractivity contribution in [1.29, 1.82) is 0 Å². The van der Waals surface area contributed by atoms with Crippen LogP contribution in [0.5, 0.6) is 0 Å². The van der Waals surface area contributed by atoms with Gasteiger partial charge in [0, 0.05) is 28.8 Å². The number of hydrogen-bond donors (Lipinski definition) is 1. The van der Waals surface area contributed by atoms with E-state index in [0.29, 0.717) is 12.1 Å². The molecule has 2 aromatic heterocycles. The van der Waals surface area contributed by atoms with Crippen molar-refractivity contribution in [1.82, 2.24) is 15.2 Å². The van der Waals surface area contributed by atoms with Gasteiger partial charge in [0.15, 0.2) is 0 Å². The first-order valence-electron chi connectivity index (χ1n) is 7.58. The molecule has 1 amide bonds. The van der Waals surface area contributed by atoms with Crippen LogP contribution in [0.15, 0.2) is 57.7 Å². The highest BCUT2D eigenvalue weighted by molar-refractivity contribution is 9.10. The first kappa shape index (κ1) is 16.7. The molecule has 5 nitrogen and oxygen atoms in total. The van der Waals surface area contributed by atoms with E-state index in [1.54, 1.807) is 18.5 Å². The van der Waals surface area contributed by atoms with Gasteiger partial charge in [-0.25, -0.2) is 0 Å². The predicted molar refractivity (Wildman–Crippen MR) is 96.9 cm³/mol. The number of hydrogen-bond acceptors (Lipinski definition) is 4. The van der Waals surface area contributed by atoms with E-state index in [-0.39, 0.29) is 11.9 Å². The molecule has 0 aliphatic rings. The minimum atomic E-state index is -0.160. The van der Waals surface area contributed by atoms with Gasteiger partial charge in [-0.15, -0.1) is 0 Å². The molecule has 1 aromatic carbocycles. The normalized spacial score (nSPS) is 12.5. The summed E-state index contributed by atoms with van der Waals surface area (Å²) in [6, 6.07) is 11.6. The van der Waals surface area contributed by atoms with Crippen molar-refractivity contribution in [2.24, 2.45) is 0 Å². The Morgan fingerprint density at radius 2 is 2.08 bits per heavy atom. The summed E-state index contributed by atoms with van der Waals surface area (Å²) in [4.78, 5) is 18.3. The van der Waals surface area contributed by atoms with Gasteiger partial charge < -0.3 is 9.73 Å². The molecule has 6 heteroatoms. The molecule has 0 saturated carbocycles. The van der Waals surface area contributed by atoms with Crippen molar-refractivity contribution in [2.45, 2.75) is 6.04 Å². The maximum Gasteiger partial charge on any atom is 0.252 e. The van der Waals surface area contributed by atoms with E-state index < -0.39 is 0 Å². The van der Waals surface area contributed by atoms with Gasteiger partial charge in [-0.05, 0) is 48.2 Å². The van der Waals surface area contributed by atoms with Crippen molar-refractivity contribution in [3.05, 3.63) is 64.6 Å². The van der Waals surface area contributed by atoms with Crippen LogP contribution in [0.3, 0.4) is 0 Å². The van der Waals surface area contributed by atoms with Crippen molar-refractivity contribution in [3.8, 4) is 0 Å². The molecule has 2 heterocycles. The maximum atomic E-state index is 12.3. The van der Waals surface area contributed by atoms with E-state index in [1.807, 2.05) is 49.3 Å². The fraction of sp³-hybridized carbons (Fsp3) is 0.222. The molecule has 0 spiro atoms. The minimum Gasteiger partial charge on any atom is -0.459 e. The Morgan fingerprint density at radius 1 is 1.29 bits per heavy atom. The number of halogens is 1. The topological polar surface area (TPSA) is 58.4 Å². The first-order valence-corrected chi connectivity index (χ1v) is 8.37. The molecule has 0 radical (unpaired) electrons. The average molecular weight is 388 g/mol. The SMILES string of the molecule is CN(C)[C@@H](CNC(=O)c1cncc(Br)c1)c1cc2ccccc2o1. The molecule has 1 N–H and O–H groups in total. The zero-order chi connectivity index (χ0) is 17.1. The lowest BCUT2D eigenvalue weighted by molar-refractivity contribution is 0.0939. The monoisotopic (exact) mass is 387 g/mol. The van der Waals surface area contributed by atoms with E-state index in [2.05, 4.69) is 26.2 Å². The smallest absolute Gasteiger partial charge is 0.252 e. The summed E-state index contributed by atoms with van der Waals surface area (Å²) in [6.07, 6.45) is 3.19. The fourth-order valence-corrected chi connectivity index (χ4v) is 2.90. The Kier molecular flexibility index (Phi) is 4.97. The number of para-hydroxylation sites is 1. The number of nitrogens with one attached hydrogen (secondary N) is 1. The second-order valence-corrected chi connectivity index (χ2v) is 6.68. The molecule has 0 bridgehead atoms. The van der Waals surface area contributed by atoms with Crippen LogP contribution < -0.4 is 5.32 Å². The summed E-state index contributed by atoms with van der Waals surface area (Å²) >= 11 is 3.32. The second-order valence-electron chi connectivity index (χ2n) is 5.77. The standard InChI is InChI=1S/C18H18BrN3O2/c1-22(2)15(17-8-12-5-3-4-6-16(12)24-17)11-21-18(23)13-7-14(19)10-20-9-13/h3-10,15H,11H2,1-2H3,(H,21,23)/t15-/m0/s1. The summed E-state index contributed by atoms with van der Waals surface area (Å²) in [5.41, 5.74) is 1.37. The third-order valence-electron chi connectivity index (χ3n) is 3.82. The molecule has 0 unspecified atom stereocenters. The molecule has 1 atom stereocenters. The van der Waals surface area contributed by atoms with Crippen LogP contribution in [0.1, 0.15) is 22.2 Å². The number of amides is 1. The highest BCUT2D eigenvalue weighted by Crippen LogP contribution is 2.26. The summed E-state index contributed by atoms with van der Waals surface area (Å²) in [5, 5.41) is 4.01. The summed E-state index contributed by atoms with van der Waals surface area (Å²) in [5.74, 6) is 0.667. The summed E-state index contributed by atoms with van der Waals surface area (Å²) in [7, 11) is 3.93. The van der Waals surface area contributed by atoms with Crippen LogP contribution in [0.4, 0.5) is 0 Å². The quantitative estimate of drug-likeness (QED) is 0.726. The molecule has 3 rings (SSSR count). The van der Waals surface area contributed by atoms with Crippen LogP contribution in [0.25, 0.3) is 11.0 Å². The Morgan fingerprint density at radius 3 is 2.79 bits per heavy atom. The number of furan rings is 1. The van der Waals surface area contributed by atoms with Crippen LogP contribution in [0.2, 0.25) is 0 Å². The van der Waals surface area contributed by atoms with Gasteiger partial charge >= 0.3 is 0 Å². The molecule has 0 aliphatic carbocycles. The van der Waals surface area contributed by atoms with Crippen LogP contribution >= 0.6 is 15.9 Å². The van der Waals surface area contributed by atoms with E-state index in [1.165, 1.54) is 0 Å². The number of likely N-dealkylation sites (N-methyl/N-ethyl adjacent to an activating group) is 1. The van der Waals surface area contributed by atoms with E-state index in [0.717, 1.165) is 21.2 Å². The number of fused-ring (bicyclic) bond motifs is 1. The number of aromatic nitrogens is 1. The average Bonchev–Trinajstić information content (AvgIpc) is 2.98. The summed E-state index contributed by atoms with van der Waals surface area (Å²) in [6.45, 7) is 0.443. The molecule has 0 fully saturated rings. The third kappa shape index (κ3) is 3.66. The number of pyridine rings is 1. The minimum absolute atomic E-state index is 0.0542. The van der Waals surface area contributed by atoms with E-state index in [4.69, 9.17) is 4.42 Å². The fourth-order valence-electron chi connectivity index (χ4n) is 2.53. The van der Waals surface area contributed by atoms with Crippen molar-refractivity contribution < 1.29 is 9.21 Å². The largest absolute Gasteiger partial charge is 0.459 e. The molecule has 24 heavy (non-hydrogen) atoms. The van der Waals surface area contributed by atoms with Crippen LogP contribution in [-0.4, -0.2) is 36.4 Å². The van der Waals surface area contributed by atoms with Gasteiger partial charge in [0.1, 0.15) is 11.3 Å². The van der Waals surface area contributed by atoms with E-state index >= 15 is 0 Å². The van der Waals surface area contributed by atoms with Crippen molar-refractivity contribution >= 4 is 32.8 Å². The lowest BCUT2D eigenvalue weighted by Crippen LogP contribution is -2.34. The molecular formula is C18H18BrN3O2. The van der Waals surface area contributed by atoms with Gasteiger partial charge in [-0.1, -0.05) is 18.2 Å². The van der Waals surface area contributed by atoms with Gasteiger partial charge in [0.25, 0.3) is 5.91 Å². The third-order valence-corrected chi connectivity index (χ3v) is 4.25. The van der Waals surface area contributed by atoms with Crippen molar-refractivity contribution in [2.75, 3.05) is 20.6 Å². The lowest BCUT2D eigenvalue weighted by atomic mass is 10.1. The van der Waals surface area contributed by atoms with E-state index in [9.17, 15) is 4.79 Å². The molecule has 0 saturated heterocycles. The zero-order valence-corrected chi connectivity index (χ0v) is 15.1. The number of carbonyl (C=O) groups is 1. The molecular weight excluding hydrogens is 370 g/mol. The van der Waals surface area contributed by atoms with Gasteiger partial charge in [0.2, 0.25) is 0 Å². The highest BCUT2D eigenvalue weighted by atomic mass is 79.9. The maximum absolute atomic E-state index is 12.3. The molecule has 0 aliphatic heterocycles. The Hall–Kier alpha value is -2.18. The van der Waals surface area contributed by atoms with Gasteiger partial charge in [-0.2, -0.15) is 0 Å². The highest BCUT2D eigenvalue weighted by Gasteiger charge is 2.20. The molecule has 124 valence electrons. The number of carbonyl (C=O) groups excluding carboxylic acids is 1. The van der Waals surface area contributed by atoms with Crippen LogP contribution in [-0.2, 0) is 0 Å². The summed E-state index contributed by atoms with van der Waals surface area (Å²) < 4.78 is 6.71. The predicted octanol–water partition coefficient (Wildman–Crippen LogP) is 3.62. The number of benzene rings is 1. The molecule has 3 aromatic rings. The van der Waals surface area contributed by atoms with Crippen molar-refractivity contribution in [3.63, 3.8) is 0 Å². The lowest BCUT2D eigenvalue weighted by Gasteiger charge is -2.22. The second kappa shape index (κ2) is 7.15. The van der Waals surface area contributed by atoms with Gasteiger partial charge in [-0.3, -0.25) is 14.7 Å². The Labute approximate surface area is 148 Å².